The Morgan fingerprint density at radius 2 is 1.64 bits per heavy atom. The second-order valence-electron chi connectivity index (χ2n) is 12.3. The van der Waals surface area contributed by atoms with Gasteiger partial charge < -0.3 is 19.6 Å². The molecule has 0 spiro atoms. The van der Waals surface area contributed by atoms with Crippen LogP contribution in [0.25, 0.3) is 0 Å². The van der Waals surface area contributed by atoms with Crippen molar-refractivity contribution in [3.63, 3.8) is 0 Å². The van der Waals surface area contributed by atoms with Crippen LogP contribution in [0.3, 0.4) is 0 Å². The van der Waals surface area contributed by atoms with Gasteiger partial charge in [-0.2, -0.15) is 8.78 Å². The summed E-state index contributed by atoms with van der Waals surface area (Å²) in [5.74, 6) is -9.81. The van der Waals surface area contributed by atoms with Gasteiger partial charge in [0.15, 0.2) is 5.71 Å². The van der Waals surface area contributed by atoms with E-state index >= 15 is 0 Å². The molecule has 1 saturated carbocycles. The van der Waals surface area contributed by atoms with Gasteiger partial charge in [0, 0.05) is 48.4 Å². The van der Waals surface area contributed by atoms with E-state index in [4.69, 9.17) is 9.57 Å². The summed E-state index contributed by atoms with van der Waals surface area (Å²) in [4.78, 5) is 56.2. The summed E-state index contributed by atoms with van der Waals surface area (Å²) >= 11 is 0. The van der Waals surface area contributed by atoms with Crippen LogP contribution in [0.5, 0.6) is 5.75 Å². The number of carbonyl (C=O) groups excluding carboxylic acids is 3. The summed E-state index contributed by atoms with van der Waals surface area (Å²) in [7, 11) is 0. The average molecular weight is 631 g/mol. The fourth-order valence-corrected chi connectivity index (χ4v) is 7.04. The van der Waals surface area contributed by atoms with E-state index in [2.05, 4.69) is 0 Å². The third-order valence-corrected chi connectivity index (χ3v) is 9.25. The molecule has 2 aromatic rings. The van der Waals surface area contributed by atoms with Crippen LogP contribution >= 0.6 is 0 Å². The Balaban J connectivity index is 1.28. The number of carbonyl (C=O) groups is 4. The first-order valence-electron chi connectivity index (χ1n) is 14.6. The number of carboxylic acid groups (broad SMARTS) is 1. The topological polar surface area (TPSA) is 116 Å². The molecule has 4 heterocycles. The number of amides is 2. The summed E-state index contributed by atoms with van der Waals surface area (Å²) < 4.78 is 62.7. The van der Waals surface area contributed by atoms with Crippen molar-refractivity contribution in [2.45, 2.75) is 56.0 Å². The molecule has 1 aliphatic carbocycles. The van der Waals surface area contributed by atoms with Crippen molar-refractivity contribution < 1.29 is 56.0 Å². The quantitative estimate of drug-likeness (QED) is 0.301. The molecule has 14 heteroatoms. The predicted molar refractivity (Wildman–Crippen MR) is 147 cm³/mol. The van der Waals surface area contributed by atoms with Crippen LogP contribution in [0, 0.1) is 5.92 Å². The molecule has 4 aliphatic heterocycles. The standard InChI is InChI=1S/C31H27F4N3O7/c32-30(33)12-36(13-30)17-2-5-20-23(10-17)44-24-11-18(37-14-31(34,35)15-37)3-6-21(24)27(20)22-9-16(1-4-19(22)28(41)42)29(43)45-38-25(39)7-8-26(38)40/h1-2,4-5,9-10,21,24,27H,3,6-8,11-15H2/p+1. The Bertz CT molecular complexity index is 1660. The number of carboxylic acids is 1. The van der Waals surface area contributed by atoms with Crippen molar-refractivity contribution in [3.05, 3.63) is 58.7 Å². The molecule has 7 rings (SSSR count). The molecule has 1 N–H and O–H groups in total. The molecule has 10 nitrogen and oxygen atoms in total. The largest absolute Gasteiger partial charge is 0.489 e. The second-order valence-corrected chi connectivity index (χ2v) is 12.3. The zero-order valence-corrected chi connectivity index (χ0v) is 23.8. The molecule has 3 saturated heterocycles. The summed E-state index contributed by atoms with van der Waals surface area (Å²) in [5.41, 5.74) is 1.97. The molecule has 2 aromatic carbocycles. The minimum Gasteiger partial charge on any atom is -0.489 e. The zero-order chi connectivity index (χ0) is 31.8. The number of aromatic carboxylic acids is 1. The smallest absolute Gasteiger partial charge is 0.363 e. The van der Waals surface area contributed by atoms with Crippen LogP contribution in [-0.2, 0) is 14.4 Å². The first-order chi connectivity index (χ1) is 21.3. The van der Waals surface area contributed by atoms with Crippen molar-refractivity contribution in [1.82, 2.24) is 5.06 Å². The predicted octanol–water partition coefficient (Wildman–Crippen LogP) is 3.86. The van der Waals surface area contributed by atoms with E-state index in [9.17, 15) is 41.8 Å². The van der Waals surface area contributed by atoms with Crippen molar-refractivity contribution in [2.75, 3.05) is 31.1 Å². The number of hydrogen-bond donors (Lipinski definition) is 1. The van der Waals surface area contributed by atoms with Crippen molar-refractivity contribution in [3.8, 4) is 5.75 Å². The van der Waals surface area contributed by atoms with Crippen LogP contribution in [-0.4, -0.2) is 88.3 Å². The molecule has 4 fully saturated rings. The van der Waals surface area contributed by atoms with Crippen molar-refractivity contribution in [1.29, 1.82) is 0 Å². The highest BCUT2D eigenvalue weighted by Gasteiger charge is 2.53. The summed E-state index contributed by atoms with van der Waals surface area (Å²) in [6.45, 7) is -1.69. The van der Waals surface area contributed by atoms with Gasteiger partial charge in [-0.05, 0) is 36.2 Å². The summed E-state index contributed by atoms with van der Waals surface area (Å²) in [5, 5.41) is 10.6. The minimum absolute atomic E-state index is 0.0857. The number of nitrogens with zero attached hydrogens (tertiary/aromatic N) is 3. The maximum atomic E-state index is 13.7. The van der Waals surface area contributed by atoms with Gasteiger partial charge in [-0.25, -0.2) is 22.9 Å². The van der Waals surface area contributed by atoms with Crippen LogP contribution in [0.1, 0.15) is 69.9 Å². The molecular weight excluding hydrogens is 602 g/mol. The van der Waals surface area contributed by atoms with Gasteiger partial charge >= 0.3 is 17.9 Å². The number of fused-ring (bicyclic) bond motifs is 2. The number of hydroxylamine groups is 2. The van der Waals surface area contributed by atoms with Gasteiger partial charge in [0.05, 0.1) is 30.6 Å². The van der Waals surface area contributed by atoms with Crippen LogP contribution in [0.4, 0.5) is 23.2 Å². The lowest BCUT2D eigenvalue weighted by atomic mass is 9.68. The number of hydrogen-bond acceptors (Lipinski definition) is 7. The Morgan fingerprint density at radius 3 is 2.29 bits per heavy atom. The highest BCUT2D eigenvalue weighted by molar-refractivity contribution is 6.03. The third kappa shape index (κ3) is 5.19. The zero-order valence-electron chi connectivity index (χ0n) is 23.8. The van der Waals surface area contributed by atoms with Gasteiger partial charge in [-0.15, -0.1) is 5.06 Å². The van der Waals surface area contributed by atoms with E-state index in [0.717, 1.165) is 5.71 Å². The van der Waals surface area contributed by atoms with Crippen LogP contribution < -0.4 is 9.64 Å². The number of imide groups is 1. The lowest BCUT2D eigenvalue weighted by Gasteiger charge is -2.44. The van der Waals surface area contributed by atoms with E-state index in [1.54, 1.807) is 22.8 Å². The number of ether oxygens (including phenoxy) is 1. The first-order valence-corrected chi connectivity index (χ1v) is 14.6. The third-order valence-electron chi connectivity index (χ3n) is 9.25. The summed E-state index contributed by atoms with van der Waals surface area (Å²) in [6, 6.07) is 8.86. The molecule has 3 unspecified atom stereocenters. The fraction of sp³-hybridized carbons (Fsp3) is 0.452. The van der Waals surface area contributed by atoms with E-state index < -0.39 is 60.7 Å². The Hall–Kier alpha value is -4.49. The molecule has 3 atom stereocenters. The molecule has 0 aromatic heterocycles. The molecule has 2 amide bonds. The molecule has 5 aliphatic rings. The maximum Gasteiger partial charge on any atom is 0.363 e. The molecule has 0 bridgehead atoms. The monoisotopic (exact) mass is 630 g/mol. The number of benzene rings is 2. The Labute approximate surface area is 253 Å². The number of rotatable bonds is 5. The van der Waals surface area contributed by atoms with Gasteiger partial charge in [0.2, 0.25) is 13.1 Å². The van der Waals surface area contributed by atoms with Crippen molar-refractivity contribution >= 4 is 35.2 Å². The van der Waals surface area contributed by atoms with Crippen LogP contribution in [0.15, 0.2) is 36.4 Å². The van der Waals surface area contributed by atoms with E-state index in [1.165, 1.54) is 23.1 Å². The lowest BCUT2D eigenvalue weighted by Crippen LogP contribution is -2.56. The normalized spacial score (nSPS) is 26.4. The van der Waals surface area contributed by atoms with Gasteiger partial charge in [0.25, 0.3) is 17.7 Å². The second kappa shape index (κ2) is 10.3. The molecule has 45 heavy (non-hydrogen) atoms. The summed E-state index contributed by atoms with van der Waals surface area (Å²) in [6.07, 6.45) is 0.523. The van der Waals surface area contributed by atoms with Gasteiger partial charge in [-0.3, -0.25) is 9.59 Å². The molecule has 0 radical (unpaired) electrons. The minimum atomic E-state index is -2.81. The average Bonchev–Trinajstić information content (AvgIpc) is 3.28. The van der Waals surface area contributed by atoms with Crippen LogP contribution in [0.2, 0.25) is 0 Å². The Kier molecular flexibility index (Phi) is 6.68. The highest BCUT2D eigenvalue weighted by atomic mass is 19.3. The SMILES string of the molecule is O=C(ON1C(=O)CCC1=O)c1ccc(C(=O)O)c(C2c3ccc(N4CC(F)(F)C4)cc3OC3CC(=[N+]4CC(F)(F)C4)CCC32)c1. The van der Waals surface area contributed by atoms with E-state index in [-0.39, 0.29) is 48.5 Å². The first kappa shape index (κ1) is 29.2. The maximum absolute atomic E-state index is 13.7. The molecular formula is C31H28F4N3O7+. The lowest BCUT2D eigenvalue weighted by molar-refractivity contribution is -0.641. The highest BCUT2D eigenvalue weighted by Crippen LogP contribution is 2.51. The number of alkyl halides is 4. The van der Waals surface area contributed by atoms with Gasteiger partial charge in [-0.1, -0.05) is 6.07 Å². The van der Waals surface area contributed by atoms with Crippen molar-refractivity contribution in [2.24, 2.45) is 5.92 Å². The Morgan fingerprint density at radius 1 is 0.933 bits per heavy atom. The molecule has 236 valence electrons. The fourth-order valence-electron chi connectivity index (χ4n) is 7.04. The van der Waals surface area contributed by atoms with E-state index in [1.807, 2.05) is 0 Å². The number of halogens is 4. The van der Waals surface area contributed by atoms with Gasteiger partial charge in [0.1, 0.15) is 11.9 Å². The van der Waals surface area contributed by atoms with E-state index in [0.29, 0.717) is 41.3 Å². The number of anilines is 1.